The van der Waals surface area contributed by atoms with Gasteiger partial charge in [0.2, 0.25) is 5.91 Å². The Hall–Kier alpha value is -2.12. The summed E-state index contributed by atoms with van der Waals surface area (Å²) >= 11 is 2.99. The van der Waals surface area contributed by atoms with E-state index in [9.17, 15) is 4.79 Å². The molecule has 7 heteroatoms. The number of aryl methyl sites for hydroxylation is 5. The summed E-state index contributed by atoms with van der Waals surface area (Å²) in [5, 5.41) is 9.45. The van der Waals surface area contributed by atoms with Crippen molar-refractivity contribution in [3.05, 3.63) is 51.2 Å². The van der Waals surface area contributed by atoms with Crippen LogP contribution in [0.5, 0.6) is 0 Å². The van der Waals surface area contributed by atoms with Crippen LogP contribution in [0.4, 0.5) is 5.13 Å². The van der Waals surface area contributed by atoms with Crippen molar-refractivity contribution in [1.82, 2.24) is 10.1 Å². The summed E-state index contributed by atoms with van der Waals surface area (Å²) in [6.07, 6.45) is 0. The first-order valence-electron chi connectivity index (χ1n) is 8.68. The summed E-state index contributed by atoms with van der Waals surface area (Å²) in [5.41, 5.74) is 7.67. The number of carbonyl (C=O) groups excluding carboxylic acids is 1. The number of aromatic nitrogens is 2. The number of nitrogens with one attached hydrogen (secondary N) is 1. The Morgan fingerprint density at radius 1 is 1.15 bits per heavy atom. The SMILES string of the molecule is Cc1cc(C)c(-c2csc(NC(=O)CSCc3c(C)noc3C)n2)cc1C. The minimum absolute atomic E-state index is 0.0514. The molecule has 3 rings (SSSR count). The molecule has 0 aliphatic carbocycles. The summed E-state index contributed by atoms with van der Waals surface area (Å²) in [7, 11) is 0. The van der Waals surface area contributed by atoms with Gasteiger partial charge in [0.25, 0.3) is 0 Å². The highest BCUT2D eigenvalue weighted by Crippen LogP contribution is 2.29. The molecule has 0 aliphatic rings. The fourth-order valence-electron chi connectivity index (χ4n) is 2.80. The highest BCUT2D eigenvalue weighted by Gasteiger charge is 2.13. The summed E-state index contributed by atoms with van der Waals surface area (Å²) in [6, 6.07) is 4.33. The van der Waals surface area contributed by atoms with Gasteiger partial charge in [-0.2, -0.15) is 0 Å². The van der Waals surface area contributed by atoms with Crippen molar-refractivity contribution in [3.8, 4) is 11.3 Å². The van der Waals surface area contributed by atoms with Gasteiger partial charge >= 0.3 is 0 Å². The third kappa shape index (κ3) is 4.59. The fraction of sp³-hybridized carbons (Fsp3) is 0.350. The zero-order chi connectivity index (χ0) is 19.6. The second-order valence-corrected chi connectivity index (χ2v) is 8.48. The van der Waals surface area contributed by atoms with E-state index in [-0.39, 0.29) is 5.91 Å². The van der Waals surface area contributed by atoms with Crippen LogP contribution in [0.1, 0.15) is 33.7 Å². The Bertz CT molecular complexity index is 956. The number of anilines is 1. The lowest BCUT2D eigenvalue weighted by Gasteiger charge is -2.07. The average molecular weight is 402 g/mol. The zero-order valence-electron chi connectivity index (χ0n) is 16.2. The number of carbonyl (C=O) groups is 1. The average Bonchev–Trinajstić information content (AvgIpc) is 3.19. The molecule has 0 unspecified atom stereocenters. The van der Waals surface area contributed by atoms with E-state index in [4.69, 9.17) is 4.52 Å². The van der Waals surface area contributed by atoms with Crippen molar-refractivity contribution >= 4 is 34.1 Å². The Kier molecular flexibility index (Phi) is 6.01. The van der Waals surface area contributed by atoms with Crippen LogP contribution in [0.2, 0.25) is 0 Å². The van der Waals surface area contributed by atoms with E-state index in [1.54, 1.807) is 11.8 Å². The number of hydrogen-bond acceptors (Lipinski definition) is 6. The molecule has 27 heavy (non-hydrogen) atoms. The van der Waals surface area contributed by atoms with Crippen LogP contribution in [-0.2, 0) is 10.5 Å². The van der Waals surface area contributed by atoms with Gasteiger partial charge < -0.3 is 9.84 Å². The van der Waals surface area contributed by atoms with Gasteiger partial charge in [-0.15, -0.1) is 23.1 Å². The molecule has 3 aromatic rings. The minimum Gasteiger partial charge on any atom is -0.361 e. The minimum atomic E-state index is -0.0514. The number of amides is 1. The lowest BCUT2D eigenvalue weighted by Crippen LogP contribution is -2.14. The summed E-state index contributed by atoms with van der Waals surface area (Å²) < 4.78 is 5.15. The van der Waals surface area contributed by atoms with Crippen LogP contribution in [0, 0.1) is 34.6 Å². The summed E-state index contributed by atoms with van der Waals surface area (Å²) in [6.45, 7) is 10.1. The van der Waals surface area contributed by atoms with Gasteiger partial charge in [-0.3, -0.25) is 4.79 Å². The first-order valence-corrected chi connectivity index (χ1v) is 10.7. The van der Waals surface area contributed by atoms with Gasteiger partial charge in [0.15, 0.2) is 5.13 Å². The molecular formula is C20H23N3O2S2. The maximum absolute atomic E-state index is 12.2. The van der Waals surface area contributed by atoms with Crippen LogP contribution in [-0.4, -0.2) is 21.8 Å². The third-order valence-corrected chi connectivity index (χ3v) is 6.24. The standard InChI is InChI=1S/C20H23N3O2S2/c1-11-6-13(3)16(7-12(11)2)18-9-27-20(21-18)22-19(24)10-26-8-17-14(4)23-25-15(17)5/h6-7,9H,8,10H2,1-5H3,(H,21,22,24). The number of thioether (sulfide) groups is 1. The predicted molar refractivity (Wildman–Crippen MR) is 113 cm³/mol. The van der Waals surface area contributed by atoms with E-state index in [2.05, 4.69) is 48.4 Å². The Morgan fingerprint density at radius 2 is 1.89 bits per heavy atom. The van der Waals surface area contributed by atoms with E-state index in [0.29, 0.717) is 16.6 Å². The van der Waals surface area contributed by atoms with E-state index in [1.165, 1.54) is 28.0 Å². The molecule has 0 aliphatic heterocycles. The van der Waals surface area contributed by atoms with Gasteiger partial charge in [-0.1, -0.05) is 11.2 Å². The van der Waals surface area contributed by atoms with Crippen molar-refractivity contribution in [2.45, 2.75) is 40.4 Å². The van der Waals surface area contributed by atoms with Crippen molar-refractivity contribution in [2.24, 2.45) is 0 Å². The summed E-state index contributed by atoms with van der Waals surface area (Å²) in [4.78, 5) is 16.8. The zero-order valence-corrected chi connectivity index (χ0v) is 17.8. The second kappa shape index (κ2) is 8.27. The topological polar surface area (TPSA) is 68.0 Å². The van der Waals surface area contributed by atoms with Crippen molar-refractivity contribution < 1.29 is 9.32 Å². The molecule has 1 amide bonds. The van der Waals surface area contributed by atoms with Crippen LogP contribution in [0.3, 0.4) is 0 Å². The van der Waals surface area contributed by atoms with Crippen LogP contribution >= 0.6 is 23.1 Å². The van der Waals surface area contributed by atoms with Crippen molar-refractivity contribution in [2.75, 3.05) is 11.1 Å². The van der Waals surface area contributed by atoms with Crippen molar-refractivity contribution in [1.29, 1.82) is 0 Å². The number of hydrogen-bond donors (Lipinski definition) is 1. The van der Waals surface area contributed by atoms with Crippen LogP contribution < -0.4 is 5.32 Å². The molecule has 2 heterocycles. The highest BCUT2D eigenvalue weighted by atomic mass is 32.2. The molecule has 0 radical (unpaired) electrons. The first kappa shape index (κ1) is 19.6. The number of nitrogens with zero attached hydrogens (tertiary/aromatic N) is 2. The van der Waals surface area contributed by atoms with Crippen LogP contribution in [0.25, 0.3) is 11.3 Å². The molecule has 0 atom stereocenters. The van der Waals surface area contributed by atoms with Gasteiger partial charge in [0.1, 0.15) is 5.76 Å². The third-order valence-electron chi connectivity index (χ3n) is 4.53. The van der Waals surface area contributed by atoms with Gasteiger partial charge in [0, 0.05) is 22.3 Å². The van der Waals surface area contributed by atoms with Gasteiger partial charge in [-0.05, 0) is 57.4 Å². The smallest absolute Gasteiger partial charge is 0.236 e. The van der Waals surface area contributed by atoms with E-state index in [0.717, 1.165) is 28.3 Å². The molecule has 0 fully saturated rings. The second-order valence-electron chi connectivity index (χ2n) is 6.63. The summed E-state index contributed by atoms with van der Waals surface area (Å²) in [5.74, 6) is 1.83. The molecule has 0 saturated carbocycles. The Morgan fingerprint density at radius 3 is 2.59 bits per heavy atom. The lowest BCUT2D eigenvalue weighted by atomic mass is 9.99. The lowest BCUT2D eigenvalue weighted by molar-refractivity contribution is -0.113. The number of rotatable bonds is 6. The van der Waals surface area contributed by atoms with Crippen LogP contribution in [0.15, 0.2) is 22.0 Å². The number of thiazole rings is 1. The maximum Gasteiger partial charge on any atom is 0.236 e. The van der Waals surface area contributed by atoms with Gasteiger partial charge in [-0.25, -0.2) is 4.98 Å². The molecule has 1 N–H and O–H groups in total. The predicted octanol–water partition coefficient (Wildman–Crippen LogP) is 5.21. The Labute approximate surface area is 167 Å². The molecule has 2 aromatic heterocycles. The monoisotopic (exact) mass is 401 g/mol. The molecule has 5 nitrogen and oxygen atoms in total. The van der Waals surface area contributed by atoms with Crippen molar-refractivity contribution in [3.63, 3.8) is 0 Å². The first-order chi connectivity index (χ1) is 12.8. The Balaban J connectivity index is 1.59. The largest absolute Gasteiger partial charge is 0.361 e. The van der Waals surface area contributed by atoms with E-state index < -0.39 is 0 Å². The normalized spacial score (nSPS) is 11.0. The fourth-order valence-corrected chi connectivity index (χ4v) is 4.50. The quantitative estimate of drug-likeness (QED) is 0.614. The molecule has 0 saturated heterocycles. The highest BCUT2D eigenvalue weighted by molar-refractivity contribution is 7.99. The van der Waals surface area contributed by atoms with E-state index in [1.807, 2.05) is 19.2 Å². The van der Waals surface area contributed by atoms with Gasteiger partial charge in [0.05, 0.1) is 17.1 Å². The molecule has 142 valence electrons. The molecular weight excluding hydrogens is 378 g/mol. The molecule has 0 spiro atoms. The molecule has 1 aromatic carbocycles. The van der Waals surface area contributed by atoms with E-state index >= 15 is 0 Å². The number of benzene rings is 1. The molecule has 0 bridgehead atoms. The maximum atomic E-state index is 12.2.